The standard InChI is InChI=1S/C23H27N3O/c1-4-16(3)26-21(27)23(19-11-12-19,25-22(26)24)20-10-6-9-18(14-20)17-8-5-7-15(2)13-17/h5-10,13-14,16,19H,4,11-12H2,1-3H3,(H2,24,25). The minimum atomic E-state index is -0.854. The number of nitrogens with two attached hydrogens (primary N) is 1. The Morgan fingerprint density at radius 1 is 1.19 bits per heavy atom. The summed E-state index contributed by atoms with van der Waals surface area (Å²) >= 11 is 0. The molecule has 2 aliphatic rings. The van der Waals surface area contributed by atoms with Crippen LogP contribution in [0.15, 0.2) is 53.5 Å². The Morgan fingerprint density at radius 3 is 2.48 bits per heavy atom. The van der Waals surface area contributed by atoms with Crippen molar-refractivity contribution in [3.8, 4) is 11.1 Å². The molecule has 2 N–H and O–H groups in total. The molecule has 0 saturated heterocycles. The summed E-state index contributed by atoms with van der Waals surface area (Å²) in [4.78, 5) is 20.1. The molecule has 2 aromatic carbocycles. The molecule has 1 amide bonds. The number of aliphatic imine (C=N–C) groups is 1. The first-order valence-corrected chi connectivity index (χ1v) is 9.84. The Balaban J connectivity index is 1.81. The second-order valence-corrected chi connectivity index (χ2v) is 7.89. The van der Waals surface area contributed by atoms with Crippen LogP contribution in [0.25, 0.3) is 11.1 Å². The van der Waals surface area contributed by atoms with Crippen molar-refractivity contribution in [2.24, 2.45) is 16.6 Å². The lowest BCUT2D eigenvalue weighted by Gasteiger charge is -2.29. The molecule has 1 saturated carbocycles. The van der Waals surface area contributed by atoms with E-state index >= 15 is 0 Å². The Labute approximate surface area is 161 Å². The summed E-state index contributed by atoms with van der Waals surface area (Å²) in [6, 6.07) is 16.8. The Bertz CT molecular complexity index is 915. The first kappa shape index (κ1) is 17.8. The fourth-order valence-corrected chi connectivity index (χ4v) is 4.13. The van der Waals surface area contributed by atoms with Crippen molar-refractivity contribution in [3.63, 3.8) is 0 Å². The number of carbonyl (C=O) groups is 1. The summed E-state index contributed by atoms with van der Waals surface area (Å²) in [6.07, 6.45) is 2.89. The van der Waals surface area contributed by atoms with Gasteiger partial charge in [0.05, 0.1) is 0 Å². The van der Waals surface area contributed by atoms with Crippen LogP contribution >= 0.6 is 0 Å². The van der Waals surface area contributed by atoms with Gasteiger partial charge in [0, 0.05) is 6.04 Å². The number of hydrogen-bond acceptors (Lipinski definition) is 3. The summed E-state index contributed by atoms with van der Waals surface area (Å²) in [6.45, 7) is 6.20. The van der Waals surface area contributed by atoms with Gasteiger partial charge in [-0.2, -0.15) is 0 Å². The molecule has 0 bridgehead atoms. The summed E-state index contributed by atoms with van der Waals surface area (Å²) in [5.41, 5.74) is 9.84. The highest BCUT2D eigenvalue weighted by molar-refractivity contribution is 6.08. The highest BCUT2D eigenvalue weighted by Gasteiger charge is 2.58. The zero-order valence-electron chi connectivity index (χ0n) is 16.3. The predicted molar refractivity (Wildman–Crippen MR) is 109 cm³/mol. The quantitative estimate of drug-likeness (QED) is 0.867. The molecule has 4 nitrogen and oxygen atoms in total. The van der Waals surface area contributed by atoms with Gasteiger partial charge < -0.3 is 5.73 Å². The van der Waals surface area contributed by atoms with Gasteiger partial charge in [-0.15, -0.1) is 0 Å². The van der Waals surface area contributed by atoms with Gasteiger partial charge in [0.1, 0.15) is 0 Å². The number of hydrogen-bond donors (Lipinski definition) is 1. The number of amides is 1. The average Bonchev–Trinajstić information content (AvgIpc) is 3.48. The second kappa shape index (κ2) is 6.52. The van der Waals surface area contributed by atoms with Crippen molar-refractivity contribution < 1.29 is 4.79 Å². The number of nitrogens with zero attached hydrogens (tertiary/aromatic N) is 2. The van der Waals surface area contributed by atoms with E-state index in [2.05, 4.69) is 50.2 Å². The first-order chi connectivity index (χ1) is 13.0. The van der Waals surface area contributed by atoms with Gasteiger partial charge in [0.2, 0.25) is 0 Å². The van der Waals surface area contributed by atoms with E-state index in [9.17, 15) is 4.79 Å². The second-order valence-electron chi connectivity index (χ2n) is 7.89. The molecule has 1 fully saturated rings. The van der Waals surface area contributed by atoms with Gasteiger partial charge in [-0.3, -0.25) is 9.69 Å². The van der Waals surface area contributed by atoms with E-state index in [-0.39, 0.29) is 17.9 Å². The van der Waals surface area contributed by atoms with Crippen LogP contribution in [0.2, 0.25) is 0 Å². The van der Waals surface area contributed by atoms with Gasteiger partial charge in [-0.05, 0) is 61.8 Å². The van der Waals surface area contributed by atoms with Gasteiger partial charge in [-0.25, -0.2) is 4.99 Å². The van der Waals surface area contributed by atoms with E-state index in [1.54, 1.807) is 4.90 Å². The largest absolute Gasteiger partial charge is 0.369 e. The lowest BCUT2D eigenvalue weighted by molar-refractivity contribution is -0.133. The smallest absolute Gasteiger partial charge is 0.262 e. The number of guanidine groups is 1. The number of aryl methyl sites for hydroxylation is 1. The molecule has 1 aliphatic carbocycles. The summed E-state index contributed by atoms with van der Waals surface area (Å²) < 4.78 is 0. The summed E-state index contributed by atoms with van der Waals surface area (Å²) in [5, 5.41) is 0. The third kappa shape index (κ3) is 2.84. The third-order valence-corrected chi connectivity index (χ3v) is 5.94. The molecule has 4 heteroatoms. The van der Waals surface area contributed by atoms with Crippen molar-refractivity contribution in [3.05, 3.63) is 59.7 Å². The van der Waals surface area contributed by atoms with Crippen LogP contribution in [-0.4, -0.2) is 22.8 Å². The molecule has 2 atom stereocenters. The van der Waals surface area contributed by atoms with Crippen molar-refractivity contribution in [1.29, 1.82) is 0 Å². The number of benzene rings is 2. The predicted octanol–water partition coefficient (Wildman–Crippen LogP) is 4.22. The Hall–Kier alpha value is -2.62. The van der Waals surface area contributed by atoms with Gasteiger partial charge in [-0.1, -0.05) is 55.0 Å². The molecule has 2 aromatic rings. The molecule has 4 rings (SSSR count). The van der Waals surface area contributed by atoms with Crippen LogP contribution in [-0.2, 0) is 10.3 Å². The molecule has 0 spiro atoms. The fraction of sp³-hybridized carbons (Fsp3) is 0.391. The van der Waals surface area contributed by atoms with Crippen molar-refractivity contribution in [2.75, 3.05) is 0 Å². The zero-order chi connectivity index (χ0) is 19.2. The minimum absolute atomic E-state index is 0.0400. The molecule has 0 radical (unpaired) electrons. The van der Waals surface area contributed by atoms with Crippen LogP contribution in [0.4, 0.5) is 0 Å². The molecule has 140 valence electrons. The normalized spacial score (nSPS) is 23.4. The van der Waals surface area contributed by atoms with Crippen LogP contribution in [0.3, 0.4) is 0 Å². The van der Waals surface area contributed by atoms with E-state index in [1.165, 1.54) is 5.56 Å². The van der Waals surface area contributed by atoms with E-state index in [0.717, 1.165) is 36.0 Å². The molecular formula is C23H27N3O. The SMILES string of the molecule is CCC(C)N1C(=O)C(c2cccc(-c3cccc(C)c3)c2)(C2CC2)N=C1N. The fourth-order valence-electron chi connectivity index (χ4n) is 4.13. The lowest BCUT2D eigenvalue weighted by atomic mass is 9.83. The van der Waals surface area contributed by atoms with Crippen molar-refractivity contribution >= 4 is 11.9 Å². The monoisotopic (exact) mass is 361 g/mol. The van der Waals surface area contributed by atoms with E-state index in [0.29, 0.717) is 5.96 Å². The van der Waals surface area contributed by atoms with Crippen LogP contribution in [0.1, 0.15) is 44.2 Å². The summed E-state index contributed by atoms with van der Waals surface area (Å²) in [7, 11) is 0. The van der Waals surface area contributed by atoms with Crippen LogP contribution in [0.5, 0.6) is 0 Å². The molecular weight excluding hydrogens is 334 g/mol. The van der Waals surface area contributed by atoms with Crippen molar-refractivity contribution in [1.82, 2.24) is 4.90 Å². The third-order valence-electron chi connectivity index (χ3n) is 5.94. The maximum absolute atomic E-state index is 13.6. The van der Waals surface area contributed by atoms with E-state index in [4.69, 9.17) is 10.7 Å². The van der Waals surface area contributed by atoms with Gasteiger partial charge in [0.15, 0.2) is 11.5 Å². The molecule has 1 aliphatic heterocycles. The highest BCUT2D eigenvalue weighted by atomic mass is 16.2. The lowest BCUT2D eigenvalue weighted by Crippen LogP contribution is -2.48. The molecule has 27 heavy (non-hydrogen) atoms. The van der Waals surface area contributed by atoms with E-state index in [1.807, 2.05) is 19.1 Å². The van der Waals surface area contributed by atoms with Crippen molar-refractivity contribution in [2.45, 2.75) is 51.6 Å². The molecule has 1 heterocycles. The number of rotatable bonds is 5. The number of carbonyl (C=O) groups excluding carboxylic acids is 1. The van der Waals surface area contributed by atoms with Crippen LogP contribution < -0.4 is 5.73 Å². The zero-order valence-corrected chi connectivity index (χ0v) is 16.3. The highest BCUT2D eigenvalue weighted by Crippen LogP contribution is 2.52. The topological polar surface area (TPSA) is 58.7 Å². The molecule has 0 aromatic heterocycles. The van der Waals surface area contributed by atoms with Crippen LogP contribution in [0, 0.1) is 12.8 Å². The maximum atomic E-state index is 13.6. The minimum Gasteiger partial charge on any atom is -0.369 e. The molecule has 2 unspecified atom stereocenters. The van der Waals surface area contributed by atoms with E-state index < -0.39 is 5.54 Å². The van der Waals surface area contributed by atoms with Gasteiger partial charge in [0.25, 0.3) is 5.91 Å². The average molecular weight is 361 g/mol. The Morgan fingerprint density at radius 2 is 1.85 bits per heavy atom. The maximum Gasteiger partial charge on any atom is 0.262 e. The Kier molecular flexibility index (Phi) is 4.29. The first-order valence-electron chi connectivity index (χ1n) is 9.84. The summed E-state index contributed by atoms with van der Waals surface area (Å²) in [5.74, 6) is 0.644. The van der Waals surface area contributed by atoms with Gasteiger partial charge >= 0.3 is 0 Å².